The molecule has 0 aromatic carbocycles. The van der Waals surface area contributed by atoms with Crippen LogP contribution in [0.25, 0.3) is 0 Å². The van der Waals surface area contributed by atoms with Gasteiger partial charge in [-0.2, -0.15) is 0 Å². The average Bonchev–Trinajstić information content (AvgIpc) is 3.06. The van der Waals surface area contributed by atoms with Crippen molar-refractivity contribution in [1.29, 1.82) is 0 Å². The Morgan fingerprint density at radius 2 is 2.13 bits per heavy atom. The highest BCUT2D eigenvalue weighted by Crippen LogP contribution is 2.45. The van der Waals surface area contributed by atoms with E-state index in [1.807, 2.05) is 6.20 Å². The van der Waals surface area contributed by atoms with Gasteiger partial charge in [-0.3, -0.25) is 9.59 Å². The number of carbonyl (C=O) groups is 2. The van der Waals surface area contributed by atoms with Crippen molar-refractivity contribution in [3.8, 4) is 0 Å². The van der Waals surface area contributed by atoms with Crippen molar-refractivity contribution in [3.05, 3.63) is 18.2 Å². The fourth-order valence-corrected chi connectivity index (χ4v) is 3.64. The Labute approximate surface area is 142 Å². The molecule has 23 heavy (non-hydrogen) atoms. The minimum atomic E-state index is -0.755. The molecule has 0 saturated heterocycles. The Kier molecular flexibility index (Phi) is 7.06. The Balaban J connectivity index is 0.00000264. The number of nitrogens with one attached hydrogen (secondary N) is 2. The third-order valence-electron chi connectivity index (χ3n) is 4.49. The third kappa shape index (κ3) is 4.96. The minimum absolute atomic E-state index is 0. The molecule has 2 rings (SSSR count). The summed E-state index contributed by atoms with van der Waals surface area (Å²) in [6.07, 6.45) is 5.47. The molecule has 1 saturated carbocycles. The quantitative estimate of drug-likeness (QED) is 0.739. The molecule has 1 heterocycles. The lowest BCUT2D eigenvalue weighted by Crippen LogP contribution is -2.41. The number of H-pyrrole nitrogens is 1. The number of nitrogens with zero attached hydrogens (tertiary/aromatic N) is 1. The molecule has 6 nitrogen and oxygen atoms in total. The second kappa shape index (κ2) is 8.34. The zero-order valence-corrected chi connectivity index (χ0v) is 14.6. The van der Waals surface area contributed by atoms with Crippen molar-refractivity contribution in [1.82, 2.24) is 15.3 Å². The molecule has 0 aliphatic heterocycles. The molecule has 1 aliphatic rings. The summed E-state index contributed by atoms with van der Waals surface area (Å²) in [5.74, 6) is -0.575. The van der Waals surface area contributed by atoms with Gasteiger partial charge in [-0.25, -0.2) is 4.98 Å². The SMILES string of the molecule is CC(=O)N[C@@H](CC(C)C)[C@@H]1C[C@@H](C(=O)O)C[C@H]1c1c[nH]cn1.Cl. The largest absolute Gasteiger partial charge is 0.481 e. The lowest BCUT2D eigenvalue weighted by atomic mass is 9.83. The number of aliphatic carboxylic acids is 1. The number of aromatic amines is 1. The molecular weight excluding hydrogens is 318 g/mol. The van der Waals surface area contributed by atoms with Gasteiger partial charge in [0, 0.05) is 25.1 Å². The topological polar surface area (TPSA) is 95.1 Å². The van der Waals surface area contributed by atoms with Gasteiger partial charge in [0.05, 0.1) is 17.9 Å². The van der Waals surface area contributed by atoms with Crippen LogP contribution >= 0.6 is 12.4 Å². The molecule has 1 aromatic rings. The standard InChI is InChI=1S/C16H25N3O3.ClH/c1-9(2)4-14(19-10(3)20)12-5-11(16(21)22)6-13(12)15-7-17-8-18-15;/h7-9,11-14H,4-6H2,1-3H3,(H,17,18)(H,19,20)(H,21,22);1H/t11-,12-,13-,14+;/m1./s1. The maximum atomic E-state index is 11.6. The molecule has 4 atom stereocenters. The molecule has 0 bridgehead atoms. The first-order valence-corrected chi connectivity index (χ1v) is 7.87. The van der Waals surface area contributed by atoms with E-state index in [9.17, 15) is 14.7 Å². The molecule has 3 N–H and O–H groups in total. The van der Waals surface area contributed by atoms with Gasteiger partial charge in [-0.05, 0) is 31.1 Å². The molecule has 7 heteroatoms. The van der Waals surface area contributed by atoms with Crippen molar-refractivity contribution in [2.75, 3.05) is 0 Å². The highest BCUT2D eigenvalue weighted by molar-refractivity contribution is 5.85. The Hall–Kier alpha value is -1.56. The zero-order valence-electron chi connectivity index (χ0n) is 13.8. The van der Waals surface area contributed by atoms with Gasteiger partial charge in [0.2, 0.25) is 5.91 Å². The van der Waals surface area contributed by atoms with Crippen LogP contribution in [0.4, 0.5) is 0 Å². The number of amides is 1. The predicted octanol–water partition coefficient (Wildman–Crippen LogP) is 2.58. The molecule has 0 unspecified atom stereocenters. The first-order chi connectivity index (χ1) is 10.4. The highest BCUT2D eigenvalue weighted by Gasteiger charge is 2.43. The Morgan fingerprint density at radius 1 is 1.43 bits per heavy atom. The number of carboxylic acids is 1. The fraction of sp³-hybridized carbons (Fsp3) is 0.688. The fourth-order valence-electron chi connectivity index (χ4n) is 3.64. The van der Waals surface area contributed by atoms with Crippen LogP contribution in [0.5, 0.6) is 0 Å². The van der Waals surface area contributed by atoms with E-state index in [1.54, 1.807) is 6.33 Å². The van der Waals surface area contributed by atoms with E-state index in [1.165, 1.54) is 6.92 Å². The van der Waals surface area contributed by atoms with Crippen molar-refractivity contribution < 1.29 is 14.7 Å². The number of carbonyl (C=O) groups excluding carboxylic acids is 1. The summed E-state index contributed by atoms with van der Waals surface area (Å²) in [5.41, 5.74) is 0.896. The second-order valence-corrected chi connectivity index (χ2v) is 6.71. The molecule has 0 spiro atoms. The van der Waals surface area contributed by atoms with E-state index in [4.69, 9.17) is 0 Å². The van der Waals surface area contributed by atoms with Crippen LogP contribution < -0.4 is 5.32 Å². The van der Waals surface area contributed by atoms with Crippen LogP contribution in [0.1, 0.15) is 51.6 Å². The van der Waals surface area contributed by atoms with Crippen LogP contribution in [0.15, 0.2) is 12.5 Å². The molecule has 1 aromatic heterocycles. The Bertz CT molecular complexity index is 519. The Morgan fingerprint density at radius 3 is 2.61 bits per heavy atom. The number of hydrogen-bond acceptors (Lipinski definition) is 3. The van der Waals surface area contributed by atoms with E-state index in [0.717, 1.165) is 12.1 Å². The van der Waals surface area contributed by atoms with Crippen LogP contribution in [0, 0.1) is 17.8 Å². The predicted molar refractivity (Wildman–Crippen MR) is 89.5 cm³/mol. The zero-order chi connectivity index (χ0) is 16.3. The van der Waals surface area contributed by atoms with Gasteiger partial charge >= 0.3 is 5.97 Å². The summed E-state index contributed by atoms with van der Waals surface area (Å²) in [6.45, 7) is 5.74. The van der Waals surface area contributed by atoms with E-state index in [2.05, 4.69) is 29.1 Å². The number of halogens is 1. The number of rotatable bonds is 6. The van der Waals surface area contributed by atoms with Gasteiger partial charge in [-0.1, -0.05) is 13.8 Å². The number of aromatic nitrogens is 2. The smallest absolute Gasteiger partial charge is 0.306 e. The molecular formula is C16H26ClN3O3. The highest BCUT2D eigenvalue weighted by atomic mass is 35.5. The average molecular weight is 344 g/mol. The summed E-state index contributed by atoms with van der Waals surface area (Å²) in [4.78, 5) is 30.2. The van der Waals surface area contributed by atoms with E-state index < -0.39 is 5.97 Å². The van der Waals surface area contributed by atoms with E-state index >= 15 is 0 Å². The lowest BCUT2D eigenvalue weighted by molar-refractivity contribution is -0.141. The number of carboxylic acid groups (broad SMARTS) is 1. The van der Waals surface area contributed by atoms with Gasteiger partial charge < -0.3 is 15.4 Å². The van der Waals surface area contributed by atoms with E-state index in [-0.39, 0.29) is 42.1 Å². The third-order valence-corrected chi connectivity index (χ3v) is 4.49. The number of hydrogen-bond donors (Lipinski definition) is 3. The van der Waals surface area contributed by atoms with Crippen molar-refractivity contribution in [2.45, 2.75) is 52.0 Å². The summed E-state index contributed by atoms with van der Waals surface area (Å²) < 4.78 is 0. The maximum Gasteiger partial charge on any atom is 0.306 e. The molecule has 0 radical (unpaired) electrons. The molecule has 1 fully saturated rings. The van der Waals surface area contributed by atoms with Crippen LogP contribution in [-0.2, 0) is 9.59 Å². The van der Waals surface area contributed by atoms with Crippen LogP contribution in [0.2, 0.25) is 0 Å². The summed E-state index contributed by atoms with van der Waals surface area (Å²) in [5, 5.41) is 12.4. The van der Waals surface area contributed by atoms with Crippen LogP contribution in [0.3, 0.4) is 0 Å². The van der Waals surface area contributed by atoms with Crippen molar-refractivity contribution >= 4 is 24.3 Å². The van der Waals surface area contributed by atoms with Gasteiger partial charge in [0.15, 0.2) is 0 Å². The maximum absolute atomic E-state index is 11.6. The first kappa shape index (κ1) is 19.5. The normalized spacial score (nSPS) is 25.0. The molecule has 1 amide bonds. The van der Waals surface area contributed by atoms with Crippen molar-refractivity contribution in [3.63, 3.8) is 0 Å². The summed E-state index contributed by atoms with van der Waals surface area (Å²) >= 11 is 0. The van der Waals surface area contributed by atoms with Gasteiger partial charge in [0.1, 0.15) is 0 Å². The first-order valence-electron chi connectivity index (χ1n) is 7.87. The second-order valence-electron chi connectivity index (χ2n) is 6.71. The van der Waals surface area contributed by atoms with Crippen LogP contribution in [-0.4, -0.2) is 33.0 Å². The summed E-state index contributed by atoms with van der Waals surface area (Å²) in [6, 6.07) is -0.0106. The minimum Gasteiger partial charge on any atom is -0.481 e. The monoisotopic (exact) mass is 343 g/mol. The van der Waals surface area contributed by atoms with E-state index in [0.29, 0.717) is 18.8 Å². The number of imidazole rings is 1. The molecule has 1 aliphatic carbocycles. The molecule has 130 valence electrons. The lowest BCUT2D eigenvalue weighted by Gasteiger charge is -2.30. The van der Waals surface area contributed by atoms with Gasteiger partial charge in [0.25, 0.3) is 0 Å². The summed E-state index contributed by atoms with van der Waals surface area (Å²) in [7, 11) is 0. The van der Waals surface area contributed by atoms with Gasteiger partial charge in [-0.15, -0.1) is 12.4 Å². The van der Waals surface area contributed by atoms with Crippen molar-refractivity contribution in [2.24, 2.45) is 17.8 Å².